The van der Waals surface area contributed by atoms with E-state index in [4.69, 9.17) is 0 Å². The molecular formula is C11H16N2O3. The second-order valence-corrected chi connectivity index (χ2v) is 4.91. The second-order valence-electron chi connectivity index (χ2n) is 4.91. The van der Waals surface area contributed by atoms with Gasteiger partial charge < -0.3 is 5.11 Å². The quantitative estimate of drug-likeness (QED) is 0.847. The SMILES string of the molecule is Cc1nonc1CC1(C(=O)O)CCC(C)C1. The molecule has 0 saturated heterocycles. The Bertz CT molecular complexity index is 402. The molecular weight excluding hydrogens is 208 g/mol. The van der Waals surface area contributed by atoms with Crippen molar-refractivity contribution in [2.24, 2.45) is 11.3 Å². The Hall–Kier alpha value is -1.39. The van der Waals surface area contributed by atoms with Gasteiger partial charge in [-0.05, 0) is 32.1 Å². The van der Waals surface area contributed by atoms with Crippen molar-refractivity contribution in [1.29, 1.82) is 0 Å². The van der Waals surface area contributed by atoms with E-state index in [0.717, 1.165) is 12.8 Å². The maximum atomic E-state index is 11.4. The molecule has 1 heterocycles. The van der Waals surface area contributed by atoms with Crippen molar-refractivity contribution in [3.05, 3.63) is 11.4 Å². The van der Waals surface area contributed by atoms with Gasteiger partial charge in [-0.3, -0.25) is 4.79 Å². The second kappa shape index (κ2) is 3.88. The van der Waals surface area contributed by atoms with E-state index in [1.54, 1.807) is 6.92 Å². The van der Waals surface area contributed by atoms with Crippen LogP contribution >= 0.6 is 0 Å². The standard InChI is InChI=1S/C11H16N2O3/c1-7-3-4-11(5-7,10(14)15)6-9-8(2)12-16-13-9/h7H,3-6H2,1-2H3,(H,14,15). The molecule has 1 aliphatic rings. The van der Waals surface area contributed by atoms with Crippen LogP contribution in [0.3, 0.4) is 0 Å². The summed E-state index contributed by atoms with van der Waals surface area (Å²) in [5, 5.41) is 16.9. The zero-order valence-corrected chi connectivity index (χ0v) is 9.56. The summed E-state index contributed by atoms with van der Waals surface area (Å²) in [7, 11) is 0. The lowest BCUT2D eigenvalue weighted by atomic mass is 9.80. The molecule has 5 heteroatoms. The minimum Gasteiger partial charge on any atom is -0.481 e. The maximum absolute atomic E-state index is 11.4. The van der Waals surface area contributed by atoms with Gasteiger partial charge in [0.1, 0.15) is 11.4 Å². The topological polar surface area (TPSA) is 76.2 Å². The number of rotatable bonds is 3. The highest BCUT2D eigenvalue weighted by Gasteiger charge is 2.45. The largest absolute Gasteiger partial charge is 0.481 e. The minimum atomic E-state index is -0.723. The number of carbonyl (C=O) groups is 1. The van der Waals surface area contributed by atoms with Crippen molar-refractivity contribution in [2.45, 2.75) is 39.5 Å². The number of nitrogens with zero attached hydrogens (tertiary/aromatic N) is 2. The van der Waals surface area contributed by atoms with Gasteiger partial charge in [-0.25, -0.2) is 4.63 Å². The first-order valence-corrected chi connectivity index (χ1v) is 5.55. The lowest BCUT2D eigenvalue weighted by Gasteiger charge is -2.22. The molecule has 0 bridgehead atoms. The van der Waals surface area contributed by atoms with Gasteiger partial charge in [-0.15, -0.1) is 0 Å². The smallest absolute Gasteiger partial charge is 0.310 e. The van der Waals surface area contributed by atoms with Gasteiger partial charge in [0.05, 0.1) is 5.41 Å². The minimum absolute atomic E-state index is 0.433. The van der Waals surface area contributed by atoms with Crippen molar-refractivity contribution >= 4 is 5.97 Å². The van der Waals surface area contributed by atoms with Crippen LogP contribution in [0, 0.1) is 18.3 Å². The van der Waals surface area contributed by atoms with E-state index in [1.807, 2.05) is 0 Å². The zero-order valence-electron chi connectivity index (χ0n) is 9.56. The fraction of sp³-hybridized carbons (Fsp3) is 0.727. The van der Waals surface area contributed by atoms with E-state index in [1.165, 1.54) is 0 Å². The summed E-state index contributed by atoms with van der Waals surface area (Å²) >= 11 is 0. The first-order chi connectivity index (χ1) is 7.53. The van der Waals surface area contributed by atoms with Gasteiger partial charge in [0.15, 0.2) is 0 Å². The van der Waals surface area contributed by atoms with Gasteiger partial charge in [0.2, 0.25) is 0 Å². The van der Waals surface area contributed by atoms with Gasteiger partial charge in [0.25, 0.3) is 0 Å². The van der Waals surface area contributed by atoms with E-state index < -0.39 is 11.4 Å². The fourth-order valence-electron chi connectivity index (χ4n) is 2.55. The Morgan fingerprint density at radius 3 is 2.81 bits per heavy atom. The number of carboxylic acid groups (broad SMARTS) is 1. The van der Waals surface area contributed by atoms with E-state index >= 15 is 0 Å². The normalized spacial score (nSPS) is 29.5. The van der Waals surface area contributed by atoms with E-state index in [0.29, 0.717) is 30.1 Å². The molecule has 1 aromatic heterocycles. The number of hydrogen-bond donors (Lipinski definition) is 1. The molecule has 2 unspecified atom stereocenters. The van der Waals surface area contributed by atoms with E-state index in [-0.39, 0.29) is 0 Å². The van der Waals surface area contributed by atoms with Crippen LogP contribution in [-0.4, -0.2) is 21.4 Å². The van der Waals surface area contributed by atoms with Gasteiger partial charge in [0, 0.05) is 6.42 Å². The average molecular weight is 224 g/mol. The Labute approximate surface area is 93.8 Å². The van der Waals surface area contributed by atoms with Crippen molar-refractivity contribution < 1.29 is 14.5 Å². The molecule has 0 spiro atoms. The highest BCUT2D eigenvalue weighted by molar-refractivity contribution is 5.75. The molecule has 88 valence electrons. The first-order valence-electron chi connectivity index (χ1n) is 5.55. The Morgan fingerprint density at radius 2 is 2.38 bits per heavy atom. The molecule has 2 rings (SSSR count). The summed E-state index contributed by atoms with van der Waals surface area (Å²) in [6.07, 6.45) is 2.84. The van der Waals surface area contributed by atoms with Gasteiger partial charge in [-0.1, -0.05) is 17.2 Å². The maximum Gasteiger partial charge on any atom is 0.310 e. The molecule has 1 saturated carbocycles. The number of aliphatic carboxylic acids is 1. The number of carboxylic acids is 1. The summed E-state index contributed by atoms with van der Waals surface area (Å²) in [6.45, 7) is 3.89. The molecule has 0 aromatic carbocycles. The van der Waals surface area contributed by atoms with Crippen LogP contribution < -0.4 is 0 Å². The van der Waals surface area contributed by atoms with Crippen molar-refractivity contribution in [3.63, 3.8) is 0 Å². The van der Waals surface area contributed by atoms with E-state index in [2.05, 4.69) is 21.9 Å². The Morgan fingerprint density at radius 1 is 1.62 bits per heavy atom. The van der Waals surface area contributed by atoms with E-state index in [9.17, 15) is 9.90 Å². The third-order valence-electron chi connectivity index (χ3n) is 3.56. The van der Waals surface area contributed by atoms with Crippen LogP contribution in [-0.2, 0) is 11.2 Å². The third kappa shape index (κ3) is 1.81. The van der Waals surface area contributed by atoms with Crippen molar-refractivity contribution in [2.75, 3.05) is 0 Å². The van der Waals surface area contributed by atoms with Crippen molar-refractivity contribution in [3.8, 4) is 0 Å². The monoisotopic (exact) mass is 224 g/mol. The third-order valence-corrected chi connectivity index (χ3v) is 3.56. The fourth-order valence-corrected chi connectivity index (χ4v) is 2.55. The highest BCUT2D eigenvalue weighted by Crippen LogP contribution is 2.44. The molecule has 1 aliphatic carbocycles. The molecule has 1 aromatic rings. The summed E-state index contributed by atoms with van der Waals surface area (Å²) in [5.74, 6) is -0.254. The predicted octanol–water partition coefficient (Wildman–Crippen LogP) is 1.81. The molecule has 16 heavy (non-hydrogen) atoms. The Balaban J connectivity index is 2.22. The lowest BCUT2D eigenvalue weighted by molar-refractivity contribution is -0.148. The summed E-state index contributed by atoms with van der Waals surface area (Å²) in [5.41, 5.74) is 0.708. The number of hydrogen-bond acceptors (Lipinski definition) is 4. The van der Waals surface area contributed by atoms with Crippen LogP contribution in [0.2, 0.25) is 0 Å². The zero-order chi connectivity index (χ0) is 11.8. The van der Waals surface area contributed by atoms with Gasteiger partial charge >= 0.3 is 5.97 Å². The Kier molecular flexibility index (Phi) is 2.69. The molecule has 2 atom stereocenters. The number of aryl methyl sites for hydroxylation is 1. The van der Waals surface area contributed by atoms with Crippen LogP contribution in [0.5, 0.6) is 0 Å². The molecule has 0 radical (unpaired) electrons. The van der Waals surface area contributed by atoms with Crippen LogP contribution in [0.4, 0.5) is 0 Å². The molecule has 0 amide bonds. The van der Waals surface area contributed by atoms with Crippen molar-refractivity contribution in [1.82, 2.24) is 10.3 Å². The first kappa shape index (κ1) is 11.1. The molecule has 1 fully saturated rings. The number of aromatic nitrogens is 2. The molecule has 1 N–H and O–H groups in total. The summed E-state index contributed by atoms with van der Waals surface area (Å²) in [4.78, 5) is 11.4. The average Bonchev–Trinajstić information content (AvgIpc) is 2.76. The summed E-state index contributed by atoms with van der Waals surface area (Å²) < 4.78 is 4.61. The lowest BCUT2D eigenvalue weighted by Crippen LogP contribution is -2.31. The highest BCUT2D eigenvalue weighted by atomic mass is 16.6. The molecule has 0 aliphatic heterocycles. The predicted molar refractivity (Wildman–Crippen MR) is 55.8 cm³/mol. The molecule has 5 nitrogen and oxygen atoms in total. The van der Waals surface area contributed by atoms with Gasteiger partial charge in [-0.2, -0.15) is 0 Å². The van der Waals surface area contributed by atoms with Crippen LogP contribution in [0.1, 0.15) is 37.6 Å². The summed E-state index contributed by atoms with van der Waals surface area (Å²) in [6, 6.07) is 0. The van der Waals surface area contributed by atoms with Crippen LogP contribution in [0.15, 0.2) is 4.63 Å². The van der Waals surface area contributed by atoms with Crippen LogP contribution in [0.25, 0.3) is 0 Å².